The molecule has 6 heteroatoms. The molecule has 0 saturated carbocycles. The van der Waals surface area contributed by atoms with Crippen molar-refractivity contribution < 1.29 is 9.53 Å². The summed E-state index contributed by atoms with van der Waals surface area (Å²) < 4.78 is 7.49. The molecule has 1 saturated heterocycles. The zero-order valence-corrected chi connectivity index (χ0v) is 13.7. The second kappa shape index (κ2) is 6.05. The Kier molecular flexibility index (Phi) is 4.56. The van der Waals surface area contributed by atoms with Crippen LogP contribution in [0.5, 0.6) is 0 Å². The molecule has 21 heavy (non-hydrogen) atoms. The van der Waals surface area contributed by atoms with Crippen LogP contribution in [-0.4, -0.2) is 56.7 Å². The molecule has 0 aromatic carbocycles. The smallest absolute Gasteiger partial charge is 0.410 e. The number of aromatic nitrogens is 2. The predicted octanol–water partition coefficient (Wildman–Crippen LogP) is 1.86. The molecule has 0 N–H and O–H groups in total. The van der Waals surface area contributed by atoms with E-state index < -0.39 is 5.60 Å². The van der Waals surface area contributed by atoms with Gasteiger partial charge in [-0.25, -0.2) is 9.78 Å². The molecule has 0 bridgehead atoms. The quantitative estimate of drug-likeness (QED) is 0.835. The fourth-order valence-corrected chi connectivity index (χ4v) is 2.52. The Morgan fingerprint density at radius 2 is 2.14 bits per heavy atom. The second-order valence-electron chi connectivity index (χ2n) is 6.71. The van der Waals surface area contributed by atoms with E-state index in [0.717, 1.165) is 25.5 Å². The van der Waals surface area contributed by atoms with Crippen LogP contribution in [0.1, 0.15) is 33.5 Å². The van der Waals surface area contributed by atoms with Gasteiger partial charge in [0.15, 0.2) is 0 Å². The maximum absolute atomic E-state index is 12.2. The van der Waals surface area contributed by atoms with E-state index in [1.54, 1.807) is 0 Å². The number of hydrogen-bond donors (Lipinski definition) is 0. The van der Waals surface area contributed by atoms with E-state index in [1.807, 2.05) is 49.7 Å². The summed E-state index contributed by atoms with van der Waals surface area (Å²) in [5, 5.41) is 0. The molecule has 2 rings (SSSR count). The highest BCUT2D eigenvalue weighted by atomic mass is 16.6. The highest BCUT2D eigenvalue weighted by Crippen LogP contribution is 2.16. The minimum Gasteiger partial charge on any atom is -0.444 e. The molecule has 2 heterocycles. The van der Waals surface area contributed by atoms with Crippen molar-refractivity contribution >= 4 is 6.09 Å². The van der Waals surface area contributed by atoms with E-state index in [4.69, 9.17) is 4.74 Å². The van der Waals surface area contributed by atoms with E-state index >= 15 is 0 Å². The predicted molar refractivity (Wildman–Crippen MR) is 80.9 cm³/mol. The van der Waals surface area contributed by atoms with E-state index in [-0.39, 0.29) is 12.1 Å². The van der Waals surface area contributed by atoms with Crippen molar-refractivity contribution in [3.05, 3.63) is 18.2 Å². The number of hydrogen-bond acceptors (Lipinski definition) is 4. The Labute approximate surface area is 126 Å². The van der Waals surface area contributed by atoms with Crippen LogP contribution in [0.15, 0.2) is 12.4 Å². The van der Waals surface area contributed by atoms with Crippen LogP contribution in [0.25, 0.3) is 0 Å². The normalized spacial score (nSPS) is 20.6. The van der Waals surface area contributed by atoms with Crippen molar-refractivity contribution in [2.75, 3.05) is 19.6 Å². The standard InChI is InChI=1S/C15H26N4O2/c1-12-10-18(11-13-16-6-7-17(13)5)8-9-19(12)14(20)21-15(2,3)4/h6-7,12H,8-11H2,1-5H3/t12-/m1/s1. The maximum atomic E-state index is 12.2. The topological polar surface area (TPSA) is 50.6 Å². The monoisotopic (exact) mass is 294 g/mol. The van der Waals surface area contributed by atoms with Gasteiger partial charge in [-0.3, -0.25) is 4.90 Å². The van der Waals surface area contributed by atoms with Crippen molar-refractivity contribution in [3.8, 4) is 0 Å². The van der Waals surface area contributed by atoms with Crippen molar-refractivity contribution in [1.82, 2.24) is 19.4 Å². The van der Waals surface area contributed by atoms with Gasteiger partial charge in [-0.15, -0.1) is 0 Å². The van der Waals surface area contributed by atoms with Crippen LogP contribution < -0.4 is 0 Å². The summed E-state index contributed by atoms with van der Waals surface area (Å²) in [6.07, 6.45) is 3.55. The fourth-order valence-electron chi connectivity index (χ4n) is 2.52. The first-order valence-corrected chi connectivity index (χ1v) is 7.44. The van der Waals surface area contributed by atoms with E-state index in [0.29, 0.717) is 6.54 Å². The molecule has 1 aromatic rings. The molecule has 1 aliphatic heterocycles. The van der Waals surface area contributed by atoms with Crippen LogP contribution in [0, 0.1) is 0 Å². The molecule has 1 amide bonds. The minimum atomic E-state index is -0.444. The Balaban J connectivity index is 1.90. The molecule has 1 aromatic heterocycles. The first-order valence-electron chi connectivity index (χ1n) is 7.44. The zero-order valence-electron chi connectivity index (χ0n) is 13.7. The molecule has 1 aliphatic rings. The second-order valence-corrected chi connectivity index (χ2v) is 6.71. The number of aryl methyl sites for hydroxylation is 1. The number of piperazine rings is 1. The molecule has 0 aliphatic carbocycles. The number of imidazole rings is 1. The molecule has 0 spiro atoms. The summed E-state index contributed by atoms with van der Waals surface area (Å²) in [6, 6.07) is 0.147. The third-order valence-corrected chi connectivity index (χ3v) is 3.63. The third-order valence-electron chi connectivity index (χ3n) is 3.63. The Morgan fingerprint density at radius 3 is 2.67 bits per heavy atom. The average molecular weight is 294 g/mol. The van der Waals surface area contributed by atoms with Gasteiger partial charge in [0, 0.05) is 45.1 Å². The molecule has 118 valence electrons. The van der Waals surface area contributed by atoms with Crippen molar-refractivity contribution in [3.63, 3.8) is 0 Å². The summed E-state index contributed by atoms with van der Waals surface area (Å²) >= 11 is 0. The average Bonchev–Trinajstić information content (AvgIpc) is 2.72. The number of carbonyl (C=O) groups is 1. The Morgan fingerprint density at radius 1 is 1.43 bits per heavy atom. The summed E-state index contributed by atoms with van der Waals surface area (Å²) in [5.74, 6) is 1.05. The van der Waals surface area contributed by atoms with Gasteiger partial charge in [-0.1, -0.05) is 0 Å². The van der Waals surface area contributed by atoms with Crippen LogP contribution in [-0.2, 0) is 18.3 Å². The lowest BCUT2D eigenvalue weighted by atomic mass is 10.2. The summed E-state index contributed by atoms with van der Waals surface area (Å²) in [5.41, 5.74) is -0.444. The van der Waals surface area contributed by atoms with Crippen LogP contribution in [0.3, 0.4) is 0 Å². The van der Waals surface area contributed by atoms with Gasteiger partial charge in [-0.2, -0.15) is 0 Å². The summed E-state index contributed by atoms with van der Waals surface area (Å²) in [4.78, 5) is 20.7. The fraction of sp³-hybridized carbons (Fsp3) is 0.733. The van der Waals surface area contributed by atoms with E-state index in [1.165, 1.54) is 0 Å². The molecule has 1 fully saturated rings. The van der Waals surface area contributed by atoms with Crippen LogP contribution in [0.2, 0.25) is 0 Å². The van der Waals surface area contributed by atoms with Crippen LogP contribution in [0.4, 0.5) is 4.79 Å². The third kappa shape index (κ3) is 4.20. The number of ether oxygens (including phenoxy) is 1. The lowest BCUT2D eigenvalue weighted by Gasteiger charge is -2.40. The molecular weight excluding hydrogens is 268 g/mol. The minimum absolute atomic E-state index is 0.147. The highest BCUT2D eigenvalue weighted by Gasteiger charge is 2.30. The van der Waals surface area contributed by atoms with Crippen molar-refractivity contribution in [2.24, 2.45) is 7.05 Å². The number of amides is 1. The molecule has 0 radical (unpaired) electrons. The first kappa shape index (κ1) is 15.8. The highest BCUT2D eigenvalue weighted by molar-refractivity contribution is 5.68. The lowest BCUT2D eigenvalue weighted by Crippen LogP contribution is -2.54. The SMILES string of the molecule is C[C@@H]1CN(Cc2nccn2C)CCN1C(=O)OC(C)(C)C. The molecular formula is C15H26N4O2. The zero-order chi connectivity index (χ0) is 15.6. The summed E-state index contributed by atoms with van der Waals surface area (Å²) in [6.45, 7) is 10.9. The van der Waals surface area contributed by atoms with Gasteiger partial charge in [-0.05, 0) is 27.7 Å². The van der Waals surface area contributed by atoms with Crippen molar-refractivity contribution in [1.29, 1.82) is 0 Å². The van der Waals surface area contributed by atoms with Gasteiger partial charge in [0.1, 0.15) is 11.4 Å². The lowest BCUT2D eigenvalue weighted by molar-refractivity contribution is 0.000210. The van der Waals surface area contributed by atoms with Crippen LogP contribution >= 0.6 is 0 Å². The Bertz CT molecular complexity index is 492. The number of carbonyl (C=O) groups excluding carboxylic acids is 1. The Hall–Kier alpha value is -1.56. The molecule has 6 nitrogen and oxygen atoms in total. The van der Waals surface area contributed by atoms with E-state index in [9.17, 15) is 4.79 Å². The number of rotatable bonds is 2. The molecule has 0 unspecified atom stereocenters. The van der Waals surface area contributed by atoms with Gasteiger partial charge in [0.05, 0.1) is 6.54 Å². The maximum Gasteiger partial charge on any atom is 0.410 e. The van der Waals surface area contributed by atoms with Gasteiger partial charge >= 0.3 is 6.09 Å². The largest absolute Gasteiger partial charge is 0.444 e. The summed E-state index contributed by atoms with van der Waals surface area (Å²) in [7, 11) is 2.00. The molecule has 1 atom stereocenters. The van der Waals surface area contributed by atoms with Gasteiger partial charge in [0.2, 0.25) is 0 Å². The van der Waals surface area contributed by atoms with Gasteiger partial charge < -0.3 is 14.2 Å². The number of nitrogens with zero attached hydrogens (tertiary/aromatic N) is 4. The van der Waals surface area contributed by atoms with Gasteiger partial charge in [0.25, 0.3) is 0 Å². The van der Waals surface area contributed by atoms with Crippen molar-refractivity contribution in [2.45, 2.75) is 45.9 Å². The van der Waals surface area contributed by atoms with E-state index in [2.05, 4.69) is 16.8 Å². The first-order chi connectivity index (χ1) is 9.76.